The number of para-hydroxylation sites is 1. The van der Waals surface area contributed by atoms with E-state index in [9.17, 15) is 13.2 Å². The van der Waals surface area contributed by atoms with Gasteiger partial charge in [0.2, 0.25) is 5.91 Å². The zero-order valence-electron chi connectivity index (χ0n) is 18.8. The summed E-state index contributed by atoms with van der Waals surface area (Å²) in [5.41, 5.74) is 4.18. The van der Waals surface area contributed by atoms with Crippen LogP contribution in [-0.4, -0.2) is 60.4 Å². The Morgan fingerprint density at radius 1 is 1.15 bits per heavy atom. The summed E-state index contributed by atoms with van der Waals surface area (Å²) in [5, 5.41) is 0.624. The molecule has 174 valence electrons. The molecule has 0 unspecified atom stereocenters. The second kappa shape index (κ2) is 8.02. The molecule has 0 atom stereocenters. The maximum Gasteiger partial charge on any atom is 0.219 e. The minimum absolute atomic E-state index is 0.0430. The molecule has 9 heteroatoms. The number of hydrogen-bond donors (Lipinski definition) is 0. The van der Waals surface area contributed by atoms with Gasteiger partial charge >= 0.3 is 0 Å². The zero-order valence-corrected chi connectivity index (χ0v) is 20.4. The molecule has 2 aliphatic rings. The lowest BCUT2D eigenvalue weighted by Gasteiger charge is -2.48. The predicted octanol–water partition coefficient (Wildman–Crippen LogP) is 3.24. The molecule has 0 N–H and O–H groups in total. The third-order valence-corrected chi connectivity index (χ3v) is 8.03. The van der Waals surface area contributed by atoms with Gasteiger partial charge in [0.05, 0.1) is 28.7 Å². The Kier molecular flexibility index (Phi) is 5.40. The molecular formula is C24H27ClN4O3S. The Morgan fingerprint density at radius 3 is 2.64 bits per heavy atom. The Labute approximate surface area is 198 Å². The summed E-state index contributed by atoms with van der Waals surface area (Å²) < 4.78 is 25.5. The number of carbonyl (C=O) groups is 1. The number of halogens is 1. The van der Waals surface area contributed by atoms with Crippen LogP contribution in [0.15, 0.2) is 42.5 Å². The number of likely N-dealkylation sites (tertiary alicyclic amines) is 1. The summed E-state index contributed by atoms with van der Waals surface area (Å²) >= 11 is 6.21. The van der Waals surface area contributed by atoms with Crippen molar-refractivity contribution in [2.75, 3.05) is 36.5 Å². The summed E-state index contributed by atoms with van der Waals surface area (Å²) in [6.45, 7) is 5.08. The van der Waals surface area contributed by atoms with E-state index in [0.717, 1.165) is 36.5 Å². The molecule has 0 bridgehead atoms. The lowest BCUT2D eigenvalue weighted by Crippen LogP contribution is -2.62. The first-order valence-corrected chi connectivity index (χ1v) is 13.5. The molecule has 0 saturated carbocycles. The fourth-order valence-corrected chi connectivity index (χ4v) is 6.05. The number of imidazole rings is 1. The minimum Gasteiger partial charge on any atom is -0.363 e. The highest BCUT2D eigenvalue weighted by molar-refractivity contribution is 7.90. The SMILES string of the molecule is CC(=O)N1CC2(C1)CN(Cc1nc3cc(Cl)ccc3n1CCCS(C)(=O)=O)c1ccccc12. The van der Waals surface area contributed by atoms with Crippen LogP contribution >= 0.6 is 11.6 Å². The summed E-state index contributed by atoms with van der Waals surface area (Å²) in [6, 6.07) is 14.0. The van der Waals surface area contributed by atoms with Crippen LogP contribution in [0.3, 0.4) is 0 Å². The highest BCUT2D eigenvalue weighted by Gasteiger charge is 2.51. The fourth-order valence-electron chi connectivity index (χ4n) is 5.23. The van der Waals surface area contributed by atoms with Gasteiger partial charge in [0.25, 0.3) is 0 Å². The van der Waals surface area contributed by atoms with Crippen molar-refractivity contribution >= 4 is 44.1 Å². The van der Waals surface area contributed by atoms with Crippen LogP contribution in [0.25, 0.3) is 11.0 Å². The summed E-state index contributed by atoms with van der Waals surface area (Å²) in [6.07, 6.45) is 1.79. The largest absolute Gasteiger partial charge is 0.363 e. The van der Waals surface area contributed by atoms with Gasteiger partial charge in [-0.3, -0.25) is 4.79 Å². The van der Waals surface area contributed by atoms with Gasteiger partial charge in [0, 0.05) is 50.1 Å². The van der Waals surface area contributed by atoms with Crippen molar-refractivity contribution in [3.8, 4) is 0 Å². The lowest BCUT2D eigenvalue weighted by molar-refractivity contribution is -0.136. The standard InChI is InChI=1S/C24H27ClN4O3S/c1-17(30)28-15-24(16-28)14-27(21-7-4-3-6-19(21)24)13-23-26-20-12-18(25)8-9-22(20)29(23)10-5-11-33(2,31)32/h3-4,6-9,12H,5,10-11,13-16H2,1-2H3. The molecular weight excluding hydrogens is 460 g/mol. The fraction of sp³-hybridized carbons (Fsp3) is 0.417. The molecule has 3 aromatic rings. The van der Waals surface area contributed by atoms with Gasteiger partial charge in [-0.25, -0.2) is 13.4 Å². The zero-order chi connectivity index (χ0) is 23.4. The van der Waals surface area contributed by atoms with E-state index in [1.807, 2.05) is 29.2 Å². The van der Waals surface area contributed by atoms with E-state index < -0.39 is 9.84 Å². The van der Waals surface area contributed by atoms with Crippen LogP contribution in [0, 0.1) is 0 Å². The maximum atomic E-state index is 11.8. The Bertz CT molecular complexity index is 1340. The van der Waals surface area contributed by atoms with E-state index in [2.05, 4.69) is 27.7 Å². The quantitative estimate of drug-likeness (QED) is 0.534. The van der Waals surface area contributed by atoms with Crippen LogP contribution < -0.4 is 4.90 Å². The van der Waals surface area contributed by atoms with Crippen molar-refractivity contribution in [2.45, 2.75) is 31.8 Å². The normalized spacial score (nSPS) is 16.9. The van der Waals surface area contributed by atoms with Crippen molar-refractivity contribution in [2.24, 2.45) is 0 Å². The molecule has 0 radical (unpaired) electrons. The molecule has 1 spiro atoms. The van der Waals surface area contributed by atoms with Crippen LogP contribution in [0.5, 0.6) is 0 Å². The first-order valence-electron chi connectivity index (χ1n) is 11.1. The van der Waals surface area contributed by atoms with Crippen molar-refractivity contribution in [1.29, 1.82) is 0 Å². The monoisotopic (exact) mass is 486 g/mol. The first kappa shape index (κ1) is 22.2. The number of benzene rings is 2. The van der Waals surface area contributed by atoms with Crippen molar-refractivity contribution in [3.05, 3.63) is 58.9 Å². The van der Waals surface area contributed by atoms with Crippen molar-refractivity contribution in [3.63, 3.8) is 0 Å². The summed E-state index contributed by atoms with van der Waals surface area (Å²) in [4.78, 5) is 20.9. The first-order chi connectivity index (χ1) is 15.7. The van der Waals surface area contributed by atoms with Gasteiger partial charge in [0.15, 0.2) is 0 Å². The van der Waals surface area contributed by atoms with Gasteiger partial charge in [-0.1, -0.05) is 29.8 Å². The number of amides is 1. The average Bonchev–Trinajstić information content (AvgIpc) is 3.22. The summed E-state index contributed by atoms with van der Waals surface area (Å²) in [5.74, 6) is 1.13. The smallest absolute Gasteiger partial charge is 0.219 e. The van der Waals surface area contributed by atoms with Gasteiger partial charge in [-0.05, 0) is 36.2 Å². The van der Waals surface area contributed by atoms with E-state index in [0.29, 0.717) is 24.5 Å². The maximum absolute atomic E-state index is 11.8. The number of rotatable bonds is 6. The molecule has 2 aliphatic heterocycles. The molecule has 0 aliphatic carbocycles. The molecule has 2 aromatic carbocycles. The van der Waals surface area contributed by atoms with E-state index in [4.69, 9.17) is 16.6 Å². The van der Waals surface area contributed by atoms with E-state index >= 15 is 0 Å². The number of sulfone groups is 1. The molecule has 1 aromatic heterocycles. The predicted molar refractivity (Wildman–Crippen MR) is 130 cm³/mol. The summed E-state index contributed by atoms with van der Waals surface area (Å²) in [7, 11) is -3.03. The van der Waals surface area contributed by atoms with Crippen LogP contribution in [0.2, 0.25) is 5.02 Å². The second-order valence-corrected chi connectivity index (χ2v) is 12.0. The number of hydrogen-bond acceptors (Lipinski definition) is 5. The molecule has 5 rings (SSSR count). The average molecular weight is 487 g/mol. The molecule has 1 fully saturated rings. The molecule has 1 amide bonds. The molecule has 7 nitrogen and oxygen atoms in total. The number of fused-ring (bicyclic) bond motifs is 3. The van der Waals surface area contributed by atoms with Crippen molar-refractivity contribution in [1.82, 2.24) is 14.5 Å². The highest BCUT2D eigenvalue weighted by Crippen LogP contribution is 2.46. The number of anilines is 1. The van der Waals surface area contributed by atoms with Gasteiger partial charge in [-0.2, -0.15) is 0 Å². The highest BCUT2D eigenvalue weighted by atomic mass is 35.5. The molecule has 33 heavy (non-hydrogen) atoms. The van der Waals surface area contributed by atoms with E-state index in [1.54, 1.807) is 6.92 Å². The number of aromatic nitrogens is 2. The Balaban J connectivity index is 1.46. The number of nitrogens with zero attached hydrogens (tertiary/aromatic N) is 4. The van der Waals surface area contributed by atoms with Gasteiger partial charge in [-0.15, -0.1) is 0 Å². The lowest BCUT2D eigenvalue weighted by atomic mass is 9.75. The van der Waals surface area contributed by atoms with Crippen LogP contribution in [0.1, 0.15) is 24.7 Å². The number of carbonyl (C=O) groups excluding carboxylic acids is 1. The van der Waals surface area contributed by atoms with E-state index in [-0.39, 0.29) is 17.1 Å². The molecule has 1 saturated heterocycles. The second-order valence-electron chi connectivity index (χ2n) is 9.32. The Hall–Kier alpha value is -2.58. The Morgan fingerprint density at radius 2 is 1.91 bits per heavy atom. The van der Waals surface area contributed by atoms with Crippen LogP contribution in [0.4, 0.5) is 5.69 Å². The van der Waals surface area contributed by atoms with Crippen LogP contribution in [-0.2, 0) is 33.1 Å². The van der Waals surface area contributed by atoms with E-state index in [1.165, 1.54) is 17.5 Å². The third-order valence-electron chi connectivity index (χ3n) is 6.76. The third kappa shape index (κ3) is 4.10. The topological polar surface area (TPSA) is 75.5 Å². The van der Waals surface area contributed by atoms with Gasteiger partial charge < -0.3 is 14.4 Å². The molecule has 3 heterocycles. The number of aryl methyl sites for hydroxylation is 1. The van der Waals surface area contributed by atoms with Crippen molar-refractivity contribution < 1.29 is 13.2 Å². The van der Waals surface area contributed by atoms with Gasteiger partial charge in [0.1, 0.15) is 15.7 Å². The minimum atomic E-state index is -3.03.